The number of aliphatic hydroxyl groups excluding tert-OH is 1. The number of ether oxygens (including phenoxy) is 2. The van der Waals surface area contributed by atoms with E-state index in [4.69, 9.17) is 14.6 Å². The predicted molar refractivity (Wildman–Crippen MR) is 90.8 cm³/mol. The zero-order valence-corrected chi connectivity index (χ0v) is 14.4. The Kier molecular flexibility index (Phi) is 9.14. The van der Waals surface area contributed by atoms with Crippen molar-refractivity contribution in [1.29, 1.82) is 0 Å². The van der Waals surface area contributed by atoms with E-state index in [1.165, 1.54) is 0 Å². The number of amides is 1. The van der Waals surface area contributed by atoms with E-state index >= 15 is 0 Å². The number of hydrogen-bond donors (Lipinski definition) is 2. The zero-order valence-electron chi connectivity index (χ0n) is 14.4. The van der Waals surface area contributed by atoms with Crippen molar-refractivity contribution in [2.24, 2.45) is 5.92 Å². The lowest BCUT2D eigenvalue weighted by Gasteiger charge is -2.20. The molecule has 1 aromatic rings. The summed E-state index contributed by atoms with van der Waals surface area (Å²) < 4.78 is 11.0. The van der Waals surface area contributed by atoms with Crippen LogP contribution in [0, 0.1) is 5.92 Å². The normalized spacial score (nSPS) is 13.2. The van der Waals surface area contributed by atoms with Crippen LogP contribution in [0.2, 0.25) is 0 Å². The maximum Gasteiger partial charge on any atom is 0.258 e. The number of nitrogens with one attached hydrogen (secondary N) is 1. The van der Waals surface area contributed by atoms with E-state index < -0.39 is 0 Å². The molecule has 1 aromatic carbocycles. The minimum absolute atomic E-state index is 0.0147. The van der Waals surface area contributed by atoms with Crippen LogP contribution in [0.1, 0.15) is 40.0 Å². The third-order valence-corrected chi connectivity index (χ3v) is 3.52. The van der Waals surface area contributed by atoms with Gasteiger partial charge in [0.25, 0.3) is 5.91 Å². The maximum atomic E-state index is 11.9. The van der Waals surface area contributed by atoms with E-state index in [1.54, 1.807) is 12.1 Å². The molecule has 23 heavy (non-hydrogen) atoms. The molecule has 0 aliphatic heterocycles. The van der Waals surface area contributed by atoms with Crippen molar-refractivity contribution in [3.05, 3.63) is 24.3 Å². The quantitative estimate of drug-likeness (QED) is 0.657. The van der Waals surface area contributed by atoms with Crippen LogP contribution < -0.4 is 14.8 Å². The van der Waals surface area contributed by atoms with Gasteiger partial charge in [-0.25, -0.2) is 0 Å². The van der Waals surface area contributed by atoms with E-state index in [0.717, 1.165) is 25.0 Å². The predicted octanol–water partition coefficient (Wildman–Crippen LogP) is 2.77. The lowest BCUT2D eigenvalue weighted by Crippen LogP contribution is -2.38. The van der Waals surface area contributed by atoms with E-state index in [0.29, 0.717) is 12.4 Å². The van der Waals surface area contributed by atoms with E-state index in [1.807, 2.05) is 26.0 Å². The molecule has 0 aliphatic rings. The fraction of sp³-hybridized carbons (Fsp3) is 0.611. The van der Waals surface area contributed by atoms with Gasteiger partial charge in [0.1, 0.15) is 11.5 Å². The highest BCUT2D eigenvalue weighted by Crippen LogP contribution is 2.17. The summed E-state index contributed by atoms with van der Waals surface area (Å²) in [6, 6.07) is 7.33. The van der Waals surface area contributed by atoms with Gasteiger partial charge >= 0.3 is 0 Å². The maximum absolute atomic E-state index is 11.9. The van der Waals surface area contributed by atoms with E-state index in [-0.39, 0.29) is 31.1 Å². The molecule has 0 bridgehead atoms. The standard InChI is InChI=1S/C18H29NO4/c1-4-10-22-16-6-8-17(9-7-16)23-13-18(21)19-15(5-2)11-14(3)12-20/h6-9,14-15,20H,4-5,10-13H2,1-3H3,(H,19,21). The second-order valence-corrected chi connectivity index (χ2v) is 5.80. The van der Waals surface area contributed by atoms with Crippen LogP contribution in [0.15, 0.2) is 24.3 Å². The molecule has 1 rings (SSSR count). The van der Waals surface area contributed by atoms with Crippen molar-refractivity contribution in [1.82, 2.24) is 5.32 Å². The van der Waals surface area contributed by atoms with Gasteiger partial charge in [0, 0.05) is 12.6 Å². The number of rotatable bonds is 11. The van der Waals surface area contributed by atoms with Gasteiger partial charge in [-0.05, 0) is 49.4 Å². The third-order valence-electron chi connectivity index (χ3n) is 3.52. The minimum Gasteiger partial charge on any atom is -0.494 e. The van der Waals surface area contributed by atoms with Gasteiger partial charge in [-0.2, -0.15) is 0 Å². The summed E-state index contributed by atoms with van der Waals surface area (Å²) in [7, 11) is 0. The average Bonchev–Trinajstić information content (AvgIpc) is 2.58. The molecular weight excluding hydrogens is 294 g/mol. The highest BCUT2D eigenvalue weighted by molar-refractivity contribution is 5.77. The molecule has 1 amide bonds. The summed E-state index contributed by atoms with van der Waals surface area (Å²) in [6.45, 7) is 6.85. The minimum atomic E-state index is -0.145. The summed E-state index contributed by atoms with van der Waals surface area (Å²) in [5.74, 6) is 1.47. The van der Waals surface area contributed by atoms with Crippen LogP contribution in [0.3, 0.4) is 0 Å². The molecule has 0 fully saturated rings. The molecule has 2 unspecified atom stereocenters. The Morgan fingerprint density at radius 2 is 1.78 bits per heavy atom. The van der Waals surface area contributed by atoms with Crippen LogP contribution in [-0.4, -0.2) is 36.9 Å². The summed E-state index contributed by atoms with van der Waals surface area (Å²) in [6.07, 6.45) is 2.56. The molecule has 130 valence electrons. The number of aliphatic hydroxyl groups is 1. The van der Waals surface area contributed by atoms with Gasteiger partial charge in [0.15, 0.2) is 6.61 Å². The topological polar surface area (TPSA) is 67.8 Å². The Labute approximate surface area is 139 Å². The highest BCUT2D eigenvalue weighted by Gasteiger charge is 2.14. The largest absolute Gasteiger partial charge is 0.494 e. The van der Waals surface area contributed by atoms with Crippen molar-refractivity contribution in [2.75, 3.05) is 19.8 Å². The number of benzene rings is 1. The van der Waals surface area contributed by atoms with Gasteiger partial charge in [0.2, 0.25) is 0 Å². The van der Waals surface area contributed by atoms with Gasteiger partial charge in [-0.15, -0.1) is 0 Å². The molecule has 0 saturated carbocycles. The third kappa shape index (κ3) is 7.88. The lowest BCUT2D eigenvalue weighted by molar-refractivity contribution is -0.124. The second kappa shape index (κ2) is 10.9. The van der Waals surface area contributed by atoms with E-state index in [2.05, 4.69) is 12.2 Å². The molecule has 0 aromatic heterocycles. The number of carbonyl (C=O) groups excluding carboxylic acids is 1. The second-order valence-electron chi connectivity index (χ2n) is 5.80. The van der Waals surface area contributed by atoms with Gasteiger partial charge in [0.05, 0.1) is 6.61 Å². The lowest BCUT2D eigenvalue weighted by atomic mass is 10.0. The van der Waals surface area contributed by atoms with Crippen molar-refractivity contribution in [3.63, 3.8) is 0 Å². The molecule has 0 spiro atoms. The molecule has 0 radical (unpaired) electrons. The van der Waals surface area contributed by atoms with Crippen molar-refractivity contribution in [3.8, 4) is 11.5 Å². The Morgan fingerprint density at radius 1 is 1.17 bits per heavy atom. The fourth-order valence-corrected chi connectivity index (χ4v) is 2.16. The first-order valence-corrected chi connectivity index (χ1v) is 8.34. The molecular formula is C18H29NO4. The van der Waals surface area contributed by atoms with Crippen molar-refractivity contribution in [2.45, 2.75) is 46.1 Å². The Morgan fingerprint density at radius 3 is 2.30 bits per heavy atom. The first-order valence-electron chi connectivity index (χ1n) is 8.34. The van der Waals surface area contributed by atoms with E-state index in [9.17, 15) is 4.79 Å². The molecule has 0 aliphatic carbocycles. The number of hydrogen-bond acceptors (Lipinski definition) is 4. The van der Waals surface area contributed by atoms with Gasteiger partial charge < -0.3 is 19.9 Å². The summed E-state index contributed by atoms with van der Waals surface area (Å²) in [5.41, 5.74) is 0. The first-order chi connectivity index (χ1) is 11.1. The first kappa shape index (κ1) is 19.3. The van der Waals surface area contributed by atoms with Crippen molar-refractivity contribution >= 4 is 5.91 Å². The summed E-state index contributed by atoms with van der Waals surface area (Å²) in [4.78, 5) is 11.9. The summed E-state index contributed by atoms with van der Waals surface area (Å²) in [5, 5.41) is 12.0. The van der Waals surface area contributed by atoms with Crippen molar-refractivity contribution < 1.29 is 19.4 Å². The Balaban J connectivity index is 2.37. The molecule has 5 nitrogen and oxygen atoms in total. The molecule has 2 N–H and O–H groups in total. The van der Waals surface area contributed by atoms with Crippen LogP contribution in [0.4, 0.5) is 0 Å². The average molecular weight is 323 g/mol. The van der Waals surface area contributed by atoms with Gasteiger partial charge in [-0.3, -0.25) is 4.79 Å². The van der Waals surface area contributed by atoms with Crippen LogP contribution >= 0.6 is 0 Å². The van der Waals surface area contributed by atoms with Crippen LogP contribution in [0.5, 0.6) is 11.5 Å². The number of carbonyl (C=O) groups is 1. The Bertz CT molecular complexity index is 447. The Hall–Kier alpha value is -1.75. The summed E-state index contributed by atoms with van der Waals surface area (Å²) >= 11 is 0. The highest BCUT2D eigenvalue weighted by atomic mass is 16.5. The smallest absolute Gasteiger partial charge is 0.258 e. The van der Waals surface area contributed by atoms with Crippen LogP contribution in [-0.2, 0) is 4.79 Å². The molecule has 0 saturated heterocycles. The van der Waals surface area contributed by atoms with Crippen LogP contribution in [0.25, 0.3) is 0 Å². The van der Waals surface area contributed by atoms with Gasteiger partial charge in [-0.1, -0.05) is 20.8 Å². The monoisotopic (exact) mass is 323 g/mol. The molecule has 0 heterocycles. The molecule has 2 atom stereocenters. The SMILES string of the molecule is CCCOc1ccc(OCC(=O)NC(CC)CC(C)CO)cc1. The molecule has 5 heteroatoms. The fourth-order valence-electron chi connectivity index (χ4n) is 2.16. The zero-order chi connectivity index (χ0) is 17.1.